The largest absolute Gasteiger partial charge is 0.469 e. The molecule has 0 saturated carbocycles. The Kier molecular flexibility index (Phi) is 5.84. The van der Waals surface area contributed by atoms with Crippen LogP contribution in [0, 0.1) is 13.8 Å². The van der Waals surface area contributed by atoms with Crippen LogP contribution in [0.25, 0.3) is 32.2 Å². The lowest BCUT2D eigenvalue weighted by atomic mass is 10.2. The molecule has 5 aromatic rings. The molecule has 0 aliphatic rings. The number of carbonyl (C=O) groups excluding carboxylic acids is 1. The number of anilines is 1. The van der Waals surface area contributed by atoms with E-state index in [9.17, 15) is 4.79 Å². The van der Waals surface area contributed by atoms with E-state index in [0.717, 1.165) is 26.4 Å². The fourth-order valence-electron chi connectivity index (χ4n) is 3.46. The van der Waals surface area contributed by atoms with Crippen molar-refractivity contribution in [2.24, 2.45) is 0 Å². The zero-order chi connectivity index (χ0) is 23.8. The monoisotopic (exact) mass is 490 g/mol. The number of aryl methyl sites for hydroxylation is 2. The predicted octanol–water partition coefficient (Wildman–Crippen LogP) is 5.26. The van der Waals surface area contributed by atoms with E-state index in [1.165, 1.54) is 22.0 Å². The quantitative estimate of drug-likeness (QED) is 0.246. The number of thioether (sulfide) groups is 1. The van der Waals surface area contributed by atoms with Gasteiger partial charge in [0.1, 0.15) is 10.8 Å². The van der Waals surface area contributed by atoms with E-state index in [2.05, 4.69) is 34.6 Å². The molecule has 1 unspecified atom stereocenters. The number of aromatic nitrogens is 4. The zero-order valence-corrected chi connectivity index (χ0v) is 20.4. The third-order valence-corrected chi connectivity index (χ3v) is 7.48. The fraction of sp³-hybridized carbons (Fsp3) is 0.167. The maximum absolute atomic E-state index is 12.8. The summed E-state index contributed by atoms with van der Waals surface area (Å²) in [5, 5.41) is 12.2. The number of amides is 1. The molecule has 0 radical (unpaired) electrons. The molecule has 1 amide bonds. The van der Waals surface area contributed by atoms with Crippen molar-refractivity contribution in [3.8, 4) is 22.0 Å². The van der Waals surface area contributed by atoms with Gasteiger partial charge in [0.2, 0.25) is 11.1 Å². The van der Waals surface area contributed by atoms with Gasteiger partial charge in [0.05, 0.1) is 27.3 Å². The third-order valence-electron chi connectivity index (χ3n) is 5.36. The van der Waals surface area contributed by atoms with Crippen LogP contribution in [-0.2, 0) is 4.79 Å². The maximum atomic E-state index is 12.8. The number of hydrogen-bond acceptors (Lipinski definition) is 8. The number of nitrogens with zero attached hydrogens (tertiary/aromatic N) is 4. The molecular formula is C24H22N6O2S2. The highest BCUT2D eigenvalue weighted by Gasteiger charge is 2.21. The fourth-order valence-corrected chi connectivity index (χ4v) is 5.30. The molecule has 3 heterocycles. The molecule has 3 N–H and O–H groups in total. The number of furan rings is 1. The average molecular weight is 491 g/mol. The Hall–Kier alpha value is -3.63. The first-order chi connectivity index (χ1) is 16.4. The molecule has 0 aliphatic carbocycles. The third kappa shape index (κ3) is 4.29. The Bertz CT molecular complexity index is 1490. The van der Waals surface area contributed by atoms with Crippen molar-refractivity contribution in [3.63, 3.8) is 0 Å². The molecule has 3 aromatic heterocycles. The van der Waals surface area contributed by atoms with Gasteiger partial charge in [-0.15, -0.1) is 21.5 Å². The first kappa shape index (κ1) is 22.2. The van der Waals surface area contributed by atoms with Crippen LogP contribution in [0.5, 0.6) is 0 Å². The summed E-state index contributed by atoms with van der Waals surface area (Å²) in [5.41, 5.74) is 4.70. The SMILES string of the molecule is Cc1ccc2nc(-c3ccc(NC(=O)C(C)Sc4nnc(-c5ccoc5C)n4N)cc3)sc2c1. The number of carbonyl (C=O) groups is 1. The first-order valence-corrected chi connectivity index (χ1v) is 12.3. The lowest BCUT2D eigenvalue weighted by Gasteiger charge is -2.12. The second-order valence-electron chi connectivity index (χ2n) is 7.88. The Morgan fingerprint density at radius 1 is 1.15 bits per heavy atom. The van der Waals surface area contributed by atoms with E-state index >= 15 is 0 Å². The van der Waals surface area contributed by atoms with Gasteiger partial charge in [0.25, 0.3) is 0 Å². The molecule has 1 atom stereocenters. The van der Waals surface area contributed by atoms with Crippen molar-refractivity contribution in [3.05, 3.63) is 66.1 Å². The van der Waals surface area contributed by atoms with Gasteiger partial charge in [-0.1, -0.05) is 17.8 Å². The van der Waals surface area contributed by atoms with Gasteiger partial charge in [-0.2, -0.15) is 0 Å². The molecule has 2 aromatic carbocycles. The van der Waals surface area contributed by atoms with Crippen molar-refractivity contribution in [1.29, 1.82) is 0 Å². The van der Waals surface area contributed by atoms with Crippen molar-refractivity contribution in [1.82, 2.24) is 19.9 Å². The van der Waals surface area contributed by atoms with Gasteiger partial charge in [0.15, 0.2) is 5.82 Å². The van der Waals surface area contributed by atoms with Crippen LogP contribution in [0.4, 0.5) is 5.69 Å². The summed E-state index contributed by atoms with van der Waals surface area (Å²) in [6.45, 7) is 5.71. The summed E-state index contributed by atoms with van der Waals surface area (Å²) in [6, 6.07) is 15.7. The number of rotatable bonds is 6. The minimum absolute atomic E-state index is 0.155. The summed E-state index contributed by atoms with van der Waals surface area (Å²) in [4.78, 5) is 17.5. The van der Waals surface area contributed by atoms with Crippen LogP contribution < -0.4 is 11.2 Å². The van der Waals surface area contributed by atoms with E-state index in [1.807, 2.05) is 37.3 Å². The normalized spacial score (nSPS) is 12.2. The minimum Gasteiger partial charge on any atom is -0.469 e. The number of nitrogens with two attached hydrogens (primary N) is 1. The average Bonchev–Trinajstić information content (AvgIpc) is 3.53. The van der Waals surface area contributed by atoms with Crippen LogP contribution >= 0.6 is 23.1 Å². The van der Waals surface area contributed by atoms with Crippen molar-refractivity contribution >= 4 is 44.9 Å². The first-order valence-electron chi connectivity index (χ1n) is 10.6. The zero-order valence-electron chi connectivity index (χ0n) is 18.8. The lowest BCUT2D eigenvalue weighted by molar-refractivity contribution is -0.115. The molecule has 0 spiro atoms. The van der Waals surface area contributed by atoms with E-state index in [4.69, 9.17) is 15.2 Å². The van der Waals surface area contributed by atoms with Gasteiger partial charge in [0, 0.05) is 11.3 Å². The highest BCUT2D eigenvalue weighted by Crippen LogP contribution is 2.32. The van der Waals surface area contributed by atoms with Crippen LogP contribution in [-0.4, -0.2) is 31.0 Å². The topological polar surface area (TPSA) is 112 Å². The number of fused-ring (bicyclic) bond motifs is 1. The summed E-state index contributed by atoms with van der Waals surface area (Å²) in [5.74, 6) is 7.20. The van der Waals surface area contributed by atoms with Crippen molar-refractivity contribution in [2.45, 2.75) is 31.2 Å². The minimum atomic E-state index is -0.433. The van der Waals surface area contributed by atoms with Crippen molar-refractivity contribution < 1.29 is 9.21 Å². The summed E-state index contributed by atoms with van der Waals surface area (Å²) >= 11 is 2.90. The van der Waals surface area contributed by atoms with Gasteiger partial charge < -0.3 is 15.6 Å². The molecule has 0 fully saturated rings. The van der Waals surface area contributed by atoms with Crippen LogP contribution in [0.1, 0.15) is 18.2 Å². The molecule has 34 heavy (non-hydrogen) atoms. The van der Waals surface area contributed by atoms with E-state index in [1.54, 1.807) is 30.6 Å². The van der Waals surface area contributed by atoms with Gasteiger partial charge in [-0.3, -0.25) is 4.79 Å². The maximum Gasteiger partial charge on any atom is 0.237 e. The smallest absolute Gasteiger partial charge is 0.237 e. The Balaban J connectivity index is 1.25. The lowest BCUT2D eigenvalue weighted by Crippen LogP contribution is -2.23. The molecular weight excluding hydrogens is 468 g/mol. The van der Waals surface area contributed by atoms with E-state index in [-0.39, 0.29) is 5.91 Å². The Labute approximate surface area is 204 Å². The predicted molar refractivity (Wildman–Crippen MR) is 136 cm³/mol. The standard InChI is InChI=1S/C24H22N6O2S2/c1-13-4-9-19-20(12-13)34-23(27-19)16-5-7-17(8-6-16)26-22(31)15(3)33-24-29-28-21(30(24)25)18-10-11-32-14(18)2/h4-12,15H,25H2,1-3H3,(H,26,31). The van der Waals surface area contributed by atoms with Crippen LogP contribution in [0.15, 0.2) is 64.4 Å². The molecule has 5 rings (SSSR count). The Morgan fingerprint density at radius 2 is 1.94 bits per heavy atom. The number of nitrogens with one attached hydrogen (secondary N) is 1. The van der Waals surface area contributed by atoms with Gasteiger partial charge >= 0.3 is 0 Å². The molecule has 0 saturated heterocycles. The van der Waals surface area contributed by atoms with Crippen LogP contribution in [0.3, 0.4) is 0 Å². The number of nitrogen functional groups attached to an aromatic ring is 1. The van der Waals surface area contributed by atoms with E-state index < -0.39 is 5.25 Å². The molecule has 8 nitrogen and oxygen atoms in total. The molecule has 0 aliphatic heterocycles. The second kappa shape index (κ2) is 8.96. The number of thiazole rings is 1. The van der Waals surface area contributed by atoms with Crippen LogP contribution in [0.2, 0.25) is 0 Å². The second-order valence-corrected chi connectivity index (χ2v) is 10.2. The number of benzene rings is 2. The van der Waals surface area contributed by atoms with Crippen molar-refractivity contribution in [2.75, 3.05) is 11.2 Å². The number of hydrogen-bond donors (Lipinski definition) is 2. The summed E-state index contributed by atoms with van der Waals surface area (Å²) < 4.78 is 7.85. The van der Waals surface area contributed by atoms with E-state index in [0.29, 0.717) is 22.4 Å². The summed E-state index contributed by atoms with van der Waals surface area (Å²) in [6.07, 6.45) is 1.57. The Morgan fingerprint density at radius 3 is 2.68 bits per heavy atom. The van der Waals surface area contributed by atoms with Gasteiger partial charge in [-0.25, -0.2) is 9.66 Å². The molecule has 10 heteroatoms. The highest BCUT2D eigenvalue weighted by atomic mass is 32.2. The van der Waals surface area contributed by atoms with Gasteiger partial charge in [-0.05, 0) is 68.8 Å². The molecule has 0 bridgehead atoms. The molecule has 172 valence electrons. The summed E-state index contributed by atoms with van der Waals surface area (Å²) in [7, 11) is 0. The highest BCUT2D eigenvalue weighted by molar-refractivity contribution is 8.00.